The zero-order valence-electron chi connectivity index (χ0n) is 11.1. The van der Waals surface area contributed by atoms with Crippen LogP contribution in [-0.2, 0) is 9.53 Å². The van der Waals surface area contributed by atoms with E-state index >= 15 is 0 Å². The molecule has 1 saturated heterocycles. The molecule has 1 fully saturated rings. The van der Waals surface area contributed by atoms with Crippen LogP contribution in [0.25, 0.3) is 10.8 Å². The van der Waals surface area contributed by atoms with Crippen molar-refractivity contribution in [1.82, 2.24) is 0 Å². The molecule has 19 heavy (non-hydrogen) atoms. The van der Waals surface area contributed by atoms with E-state index < -0.39 is 0 Å². The first kappa shape index (κ1) is 12.2. The van der Waals surface area contributed by atoms with Gasteiger partial charge in [-0.15, -0.1) is 0 Å². The van der Waals surface area contributed by atoms with Crippen LogP contribution < -0.4 is 0 Å². The lowest BCUT2D eigenvalue weighted by atomic mass is 9.87. The van der Waals surface area contributed by atoms with E-state index in [1.165, 1.54) is 16.3 Å². The normalized spacial score (nSPS) is 22.7. The minimum atomic E-state index is -0.0589. The van der Waals surface area contributed by atoms with Crippen LogP contribution in [0.4, 0.5) is 0 Å². The number of hydrogen-bond donors (Lipinski definition) is 0. The molecule has 0 spiro atoms. The summed E-state index contributed by atoms with van der Waals surface area (Å²) in [7, 11) is 0. The summed E-state index contributed by atoms with van der Waals surface area (Å²) < 4.78 is 5.48. The molecular weight excluding hydrogens is 236 g/mol. The van der Waals surface area contributed by atoms with Gasteiger partial charge in [0.05, 0.1) is 6.42 Å². The van der Waals surface area contributed by atoms with E-state index in [2.05, 4.69) is 43.3 Å². The van der Waals surface area contributed by atoms with Gasteiger partial charge in [0.2, 0.25) is 0 Å². The van der Waals surface area contributed by atoms with Gasteiger partial charge in [-0.25, -0.2) is 0 Å². The lowest BCUT2D eigenvalue weighted by Crippen LogP contribution is -2.14. The Morgan fingerprint density at radius 3 is 2.79 bits per heavy atom. The van der Waals surface area contributed by atoms with Gasteiger partial charge in [0.15, 0.2) is 0 Å². The maximum atomic E-state index is 11.6. The van der Waals surface area contributed by atoms with E-state index in [-0.39, 0.29) is 18.0 Å². The molecule has 0 unspecified atom stereocenters. The second-order valence-corrected chi connectivity index (χ2v) is 5.20. The van der Waals surface area contributed by atoms with Crippen LogP contribution in [0.5, 0.6) is 0 Å². The maximum Gasteiger partial charge on any atom is 0.306 e. The van der Waals surface area contributed by atoms with Crippen molar-refractivity contribution in [2.75, 3.05) is 0 Å². The third kappa shape index (κ3) is 2.23. The molecule has 2 atom stereocenters. The molecule has 2 heteroatoms. The summed E-state index contributed by atoms with van der Waals surface area (Å²) in [5.41, 5.74) is 1.25. The Hall–Kier alpha value is -1.83. The Kier molecular flexibility index (Phi) is 3.24. The molecule has 0 aliphatic carbocycles. The lowest BCUT2D eigenvalue weighted by Gasteiger charge is -2.18. The van der Waals surface area contributed by atoms with Crippen LogP contribution >= 0.6 is 0 Å². The molecule has 0 amide bonds. The number of carbonyl (C=O) groups is 1. The third-order valence-electron chi connectivity index (χ3n) is 3.91. The molecule has 0 aromatic heterocycles. The van der Waals surface area contributed by atoms with Gasteiger partial charge in [-0.05, 0) is 22.8 Å². The Morgan fingerprint density at radius 2 is 1.95 bits per heavy atom. The first-order valence-electron chi connectivity index (χ1n) is 6.96. The standard InChI is InChI=1S/C17H18O2/c1-2-6-16-15(11-17(18)19-16)14-10-5-8-12-7-3-4-9-13(12)14/h3-5,7-10,15-16H,2,6,11H2,1H3/t15-,16+/m1/s1. The summed E-state index contributed by atoms with van der Waals surface area (Å²) in [5.74, 6) is 0.148. The Labute approximate surface area is 113 Å². The van der Waals surface area contributed by atoms with Crippen LogP contribution in [-0.4, -0.2) is 12.1 Å². The molecule has 98 valence electrons. The van der Waals surface area contributed by atoms with E-state index in [4.69, 9.17) is 4.74 Å². The monoisotopic (exact) mass is 254 g/mol. The predicted molar refractivity (Wildman–Crippen MR) is 76.1 cm³/mol. The molecule has 2 nitrogen and oxygen atoms in total. The highest BCUT2D eigenvalue weighted by molar-refractivity contribution is 5.87. The van der Waals surface area contributed by atoms with Crippen molar-refractivity contribution in [3.05, 3.63) is 48.0 Å². The van der Waals surface area contributed by atoms with Crippen molar-refractivity contribution in [1.29, 1.82) is 0 Å². The summed E-state index contributed by atoms with van der Waals surface area (Å²) in [6.45, 7) is 2.13. The average Bonchev–Trinajstić information content (AvgIpc) is 2.79. The molecular formula is C17H18O2. The van der Waals surface area contributed by atoms with Crippen LogP contribution in [0.1, 0.15) is 37.7 Å². The van der Waals surface area contributed by atoms with Crippen LogP contribution in [0.15, 0.2) is 42.5 Å². The fourth-order valence-corrected chi connectivity index (χ4v) is 3.04. The molecule has 2 aromatic rings. The van der Waals surface area contributed by atoms with Gasteiger partial charge in [0.25, 0.3) is 0 Å². The second kappa shape index (κ2) is 5.04. The number of ether oxygens (including phenoxy) is 1. The number of rotatable bonds is 3. The maximum absolute atomic E-state index is 11.6. The van der Waals surface area contributed by atoms with Crippen molar-refractivity contribution >= 4 is 16.7 Å². The van der Waals surface area contributed by atoms with E-state index in [0.717, 1.165) is 12.8 Å². The van der Waals surface area contributed by atoms with Crippen molar-refractivity contribution in [2.45, 2.75) is 38.2 Å². The quantitative estimate of drug-likeness (QED) is 0.773. The highest BCUT2D eigenvalue weighted by Crippen LogP contribution is 2.37. The SMILES string of the molecule is CCC[C@@H]1OC(=O)C[C@@H]1c1cccc2ccccc12. The van der Waals surface area contributed by atoms with E-state index in [9.17, 15) is 4.79 Å². The molecule has 0 N–H and O–H groups in total. The van der Waals surface area contributed by atoms with Crippen molar-refractivity contribution < 1.29 is 9.53 Å². The molecule has 2 aromatic carbocycles. The molecule has 0 bridgehead atoms. The molecule has 1 aliphatic heterocycles. The zero-order valence-corrected chi connectivity index (χ0v) is 11.1. The Bertz CT molecular complexity index is 598. The van der Waals surface area contributed by atoms with Crippen LogP contribution in [0, 0.1) is 0 Å². The van der Waals surface area contributed by atoms with Crippen LogP contribution in [0.2, 0.25) is 0 Å². The lowest BCUT2D eigenvalue weighted by molar-refractivity contribution is -0.141. The molecule has 1 heterocycles. The highest BCUT2D eigenvalue weighted by Gasteiger charge is 2.35. The molecule has 1 aliphatic rings. The summed E-state index contributed by atoms with van der Waals surface area (Å²) in [6, 6.07) is 14.7. The van der Waals surface area contributed by atoms with Gasteiger partial charge < -0.3 is 4.74 Å². The Morgan fingerprint density at radius 1 is 1.16 bits per heavy atom. The third-order valence-corrected chi connectivity index (χ3v) is 3.91. The topological polar surface area (TPSA) is 26.3 Å². The van der Waals surface area contributed by atoms with Gasteiger partial charge in [0, 0.05) is 5.92 Å². The van der Waals surface area contributed by atoms with Gasteiger partial charge in [-0.2, -0.15) is 0 Å². The van der Waals surface area contributed by atoms with Crippen molar-refractivity contribution in [2.24, 2.45) is 0 Å². The number of carbonyl (C=O) groups excluding carboxylic acids is 1. The molecule has 0 radical (unpaired) electrons. The van der Waals surface area contributed by atoms with Crippen LogP contribution in [0.3, 0.4) is 0 Å². The smallest absolute Gasteiger partial charge is 0.306 e. The predicted octanol–water partition coefficient (Wildman–Crippen LogP) is 4.04. The zero-order chi connectivity index (χ0) is 13.2. The van der Waals surface area contributed by atoms with E-state index in [1.54, 1.807) is 0 Å². The second-order valence-electron chi connectivity index (χ2n) is 5.20. The largest absolute Gasteiger partial charge is 0.462 e. The fourth-order valence-electron chi connectivity index (χ4n) is 3.04. The summed E-state index contributed by atoms with van der Waals surface area (Å²) in [5, 5.41) is 2.48. The number of fused-ring (bicyclic) bond motifs is 1. The van der Waals surface area contributed by atoms with Gasteiger partial charge >= 0.3 is 5.97 Å². The number of hydrogen-bond acceptors (Lipinski definition) is 2. The Balaban J connectivity index is 2.05. The number of benzene rings is 2. The van der Waals surface area contributed by atoms with Gasteiger partial charge in [-0.1, -0.05) is 55.8 Å². The van der Waals surface area contributed by atoms with E-state index in [1.807, 2.05) is 6.07 Å². The average molecular weight is 254 g/mol. The fraction of sp³-hybridized carbons (Fsp3) is 0.353. The summed E-state index contributed by atoms with van der Waals surface area (Å²) in [6.07, 6.45) is 2.54. The summed E-state index contributed by atoms with van der Waals surface area (Å²) >= 11 is 0. The van der Waals surface area contributed by atoms with Crippen molar-refractivity contribution in [3.8, 4) is 0 Å². The van der Waals surface area contributed by atoms with Gasteiger partial charge in [-0.3, -0.25) is 4.79 Å². The minimum Gasteiger partial charge on any atom is -0.462 e. The minimum absolute atomic E-state index is 0.0447. The highest BCUT2D eigenvalue weighted by atomic mass is 16.5. The molecule has 3 rings (SSSR count). The molecule has 0 saturated carbocycles. The summed E-state index contributed by atoms with van der Waals surface area (Å²) in [4.78, 5) is 11.6. The van der Waals surface area contributed by atoms with Gasteiger partial charge in [0.1, 0.15) is 6.10 Å². The van der Waals surface area contributed by atoms with Crippen molar-refractivity contribution in [3.63, 3.8) is 0 Å². The first-order valence-corrected chi connectivity index (χ1v) is 6.96. The number of esters is 1. The first-order chi connectivity index (χ1) is 9.29. The number of cyclic esters (lactones) is 1. The van der Waals surface area contributed by atoms with E-state index in [0.29, 0.717) is 6.42 Å².